The minimum atomic E-state index is -4.21. The first-order valence-corrected chi connectivity index (χ1v) is 18.6. The number of nitrogens with zero attached hydrogens (tertiary/aromatic N) is 3. The molecule has 0 saturated carbocycles. The van der Waals surface area contributed by atoms with Gasteiger partial charge < -0.3 is 29.7 Å². The lowest BCUT2D eigenvalue weighted by Gasteiger charge is -2.28. The Bertz CT molecular complexity index is 1900. The smallest absolute Gasteiger partial charge is 0.337 e. The zero-order valence-electron chi connectivity index (χ0n) is 27.9. The van der Waals surface area contributed by atoms with Crippen LogP contribution < -0.4 is 25.0 Å². The highest BCUT2D eigenvalue weighted by Crippen LogP contribution is 2.41. The first-order chi connectivity index (χ1) is 24.2. The van der Waals surface area contributed by atoms with Crippen molar-refractivity contribution >= 4 is 50.4 Å². The van der Waals surface area contributed by atoms with Crippen molar-refractivity contribution in [1.82, 2.24) is 15.2 Å². The molecule has 0 atom stereocenters. The van der Waals surface area contributed by atoms with E-state index in [1.54, 1.807) is 43.5 Å². The van der Waals surface area contributed by atoms with Crippen LogP contribution in [0.3, 0.4) is 0 Å². The lowest BCUT2D eigenvalue weighted by Crippen LogP contribution is -2.43. The van der Waals surface area contributed by atoms with Gasteiger partial charge >= 0.3 is 5.97 Å². The van der Waals surface area contributed by atoms with Crippen LogP contribution in [0, 0.1) is 6.92 Å². The van der Waals surface area contributed by atoms with Gasteiger partial charge in [-0.1, -0.05) is 0 Å². The molecule has 50 heavy (non-hydrogen) atoms. The molecule has 2 aromatic heterocycles. The number of hydrogen-bond acceptors (Lipinski definition) is 12. The number of esters is 1. The Labute approximate surface area is 295 Å². The van der Waals surface area contributed by atoms with Gasteiger partial charge in [-0.25, -0.2) is 18.2 Å². The summed E-state index contributed by atoms with van der Waals surface area (Å²) >= 11 is 1.11. The molecule has 0 radical (unpaired) electrons. The number of ether oxygens (including phenoxy) is 3. The molecule has 2 saturated heterocycles. The number of nitrogens with one attached hydrogen (secondary N) is 3. The van der Waals surface area contributed by atoms with Gasteiger partial charge in [0.2, 0.25) is 0 Å². The van der Waals surface area contributed by atoms with Gasteiger partial charge in [0, 0.05) is 63.4 Å². The number of piperazine rings is 1. The summed E-state index contributed by atoms with van der Waals surface area (Å²) in [4.78, 5) is 35.3. The SMILES string of the molecule is COC(=O)c1ccc(NS(=O)(=O)c2c(-c3ccnc(N4CCNCC4)c3)sc(C(=O)Nc3ccc(OCCN4CCOCC4)cc3)c2C)cc1. The molecule has 1 amide bonds. The van der Waals surface area contributed by atoms with E-state index in [4.69, 9.17) is 14.2 Å². The molecule has 0 aliphatic carbocycles. The molecule has 0 bridgehead atoms. The fraction of sp³-hybridized carbons (Fsp3) is 0.343. The second-order valence-electron chi connectivity index (χ2n) is 11.8. The average molecular weight is 721 g/mol. The molecule has 15 heteroatoms. The second-order valence-corrected chi connectivity index (χ2v) is 14.4. The molecule has 2 aromatic carbocycles. The van der Waals surface area contributed by atoms with Crippen LogP contribution in [0.4, 0.5) is 17.2 Å². The van der Waals surface area contributed by atoms with E-state index in [0.29, 0.717) is 34.0 Å². The van der Waals surface area contributed by atoms with Gasteiger partial charge in [-0.15, -0.1) is 11.3 Å². The van der Waals surface area contributed by atoms with Gasteiger partial charge in [-0.3, -0.25) is 14.4 Å². The molecular formula is C35H40N6O7S2. The van der Waals surface area contributed by atoms with E-state index in [0.717, 1.165) is 76.2 Å². The number of methoxy groups -OCH3 is 1. The van der Waals surface area contributed by atoms with Crippen molar-refractivity contribution in [2.75, 3.05) is 87.7 Å². The minimum absolute atomic E-state index is 0.00817. The van der Waals surface area contributed by atoms with Gasteiger partial charge in [-0.05, 0) is 78.7 Å². The third kappa shape index (κ3) is 8.42. The Morgan fingerprint density at radius 2 is 1.68 bits per heavy atom. The lowest BCUT2D eigenvalue weighted by atomic mass is 10.1. The highest BCUT2D eigenvalue weighted by molar-refractivity contribution is 7.93. The topological polar surface area (TPSA) is 151 Å². The fourth-order valence-electron chi connectivity index (χ4n) is 5.79. The highest BCUT2D eigenvalue weighted by Gasteiger charge is 2.30. The molecule has 2 fully saturated rings. The number of thiophene rings is 1. The number of anilines is 3. The number of carbonyl (C=O) groups excluding carboxylic acids is 2. The van der Waals surface area contributed by atoms with Crippen molar-refractivity contribution in [1.29, 1.82) is 0 Å². The highest BCUT2D eigenvalue weighted by atomic mass is 32.2. The number of sulfonamides is 1. The number of benzene rings is 2. The maximum Gasteiger partial charge on any atom is 0.337 e. The summed E-state index contributed by atoms with van der Waals surface area (Å²) < 4.78 is 46.9. The normalized spacial score (nSPS) is 15.4. The zero-order valence-corrected chi connectivity index (χ0v) is 29.6. The van der Waals surface area contributed by atoms with Crippen LogP contribution in [0.25, 0.3) is 10.4 Å². The summed E-state index contributed by atoms with van der Waals surface area (Å²) in [5.41, 5.74) is 2.02. The van der Waals surface area contributed by atoms with Crippen LogP contribution in [0.1, 0.15) is 25.6 Å². The molecule has 6 rings (SSSR count). The Hall–Kier alpha value is -4.54. The third-order valence-corrected chi connectivity index (χ3v) is 11.5. The third-order valence-electron chi connectivity index (χ3n) is 8.47. The van der Waals surface area contributed by atoms with Crippen molar-refractivity contribution in [2.24, 2.45) is 0 Å². The molecule has 3 N–H and O–H groups in total. The maximum atomic E-state index is 14.1. The summed E-state index contributed by atoms with van der Waals surface area (Å²) in [6.07, 6.45) is 1.65. The van der Waals surface area contributed by atoms with Crippen LogP contribution in [-0.4, -0.2) is 103 Å². The van der Waals surface area contributed by atoms with Crippen LogP contribution in [0.2, 0.25) is 0 Å². The number of carbonyl (C=O) groups is 2. The monoisotopic (exact) mass is 720 g/mol. The summed E-state index contributed by atoms with van der Waals surface area (Å²) in [5.74, 6) is 0.441. The van der Waals surface area contributed by atoms with Crippen LogP contribution in [0.15, 0.2) is 71.8 Å². The predicted molar refractivity (Wildman–Crippen MR) is 193 cm³/mol. The Balaban J connectivity index is 1.25. The van der Waals surface area contributed by atoms with Crippen molar-refractivity contribution in [3.63, 3.8) is 0 Å². The van der Waals surface area contributed by atoms with E-state index >= 15 is 0 Å². The largest absolute Gasteiger partial charge is 0.492 e. The van der Waals surface area contributed by atoms with Gasteiger partial charge in [0.15, 0.2) is 0 Å². The first-order valence-electron chi connectivity index (χ1n) is 16.3. The Morgan fingerprint density at radius 3 is 2.38 bits per heavy atom. The number of morpholine rings is 1. The quantitative estimate of drug-likeness (QED) is 0.182. The molecule has 0 unspecified atom stereocenters. The number of hydrogen-bond donors (Lipinski definition) is 3. The van der Waals surface area contributed by atoms with Gasteiger partial charge in [0.1, 0.15) is 23.1 Å². The standard InChI is InChI=1S/C35H40N6O7S2/c1-24-31(34(42)38-27-7-9-29(10-8-27)48-22-19-40-17-20-47-21-18-40)49-32(26-11-12-37-30(23-26)41-15-13-36-14-16-41)33(24)50(44,45)39-28-5-3-25(4-6-28)35(43)46-2/h3-12,23,36,39H,13-22H2,1-2H3,(H,38,42). The van der Waals surface area contributed by atoms with Crippen LogP contribution in [-0.2, 0) is 19.5 Å². The lowest BCUT2D eigenvalue weighted by molar-refractivity contribution is 0.0322. The van der Waals surface area contributed by atoms with Crippen LogP contribution in [0.5, 0.6) is 5.75 Å². The maximum absolute atomic E-state index is 14.1. The molecule has 4 heterocycles. The van der Waals surface area contributed by atoms with E-state index in [1.807, 2.05) is 6.07 Å². The predicted octanol–water partition coefficient (Wildman–Crippen LogP) is 4.08. The van der Waals surface area contributed by atoms with Crippen LogP contribution >= 0.6 is 11.3 Å². The van der Waals surface area contributed by atoms with E-state index in [9.17, 15) is 18.0 Å². The van der Waals surface area contributed by atoms with E-state index < -0.39 is 21.9 Å². The Morgan fingerprint density at radius 1 is 0.980 bits per heavy atom. The molecule has 0 spiro atoms. The summed E-state index contributed by atoms with van der Waals surface area (Å²) in [6.45, 7) is 9.37. The van der Waals surface area contributed by atoms with E-state index in [-0.39, 0.29) is 21.0 Å². The minimum Gasteiger partial charge on any atom is -0.492 e. The van der Waals surface area contributed by atoms with Gasteiger partial charge in [-0.2, -0.15) is 0 Å². The van der Waals surface area contributed by atoms with E-state index in [2.05, 4.69) is 30.1 Å². The average Bonchev–Trinajstić information content (AvgIpc) is 3.51. The zero-order chi connectivity index (χ0) is 35.1. The number of rotatable bonds is 12. The number of amides is 1. The molecule has 2 aliphatic rings. The van der Waals surface area contributed by atoms with E-state index in [1.165, 1.54) is 31.4 Å². The van der Waals surface area contributed by atoms with Gasteiger partial charge in [0.05, 0.1) is 35.6 Å². The summed E-state index contributed by atoms with van der Waals surface area (Å²) in [7, 11) is -2.94. The summed E-state index contributed by atoms with van der Waals surface area (Å²) in [5, 5.41) is 6.25. The van der Waals surface area contributed by atoms with Crippen molar-refractivity contribution in [3.05, 3.63) is 82.9 Å². The molecule has 2 aliphatic heterocycles. The Kier molecular flexibility index (Phi) is 11.3. The second kappa shape index (κ2) is 16.0. The number of aromatic nitrogens is 1. The van der Waals surface area contributed by atoms with Crippen molar-refractivity contribution < 1.29 is 32.2 Å². The molecule has 13 nitrogen and oxygen atoms in total. The number of pyridine rings is 1. The molecular weight excluding hydrogens is 681 g/mol. The molecule has 4 aromatic rings. The van der Waals surface area contributed by atoms with Gasteiger partial charge in [0.25, 0.3) is 15.9 Å². The summed E-state index contributed by atoms with van der Waals surface area (Å²) in [6, 6.07) is 16.6. The van der Waals surface area contributed by atoms with Crippen molar-refractivity contribution in [3.8, 4) is 16.2 Å². The fourth-order valence-corrected chi connectivity index (χ4v) is 8.82. The molecule has 264 valence electrons. The first kappa shape index (κ1) is 35.3. The van der Waals surface area contributed by atoms with Crippen molar-refractivity contribution in [2.45, 2.75) is 11.8 Å².